The fourth-order valence-corrected chi connectivity index (χ4v) is 2.25. The van der Waals surface area contributed by atoms with Crippen LogP contribution in [0.4, 0.5) is 0 Å². The molecule has 1 aliphatic rings. The average molecular weight is 327 g/mol. The fraction of sp³-hybridized carbons (Fsp3) is 0.667. The number of benzene rings is 1. The first kappa shape index (κ1) is 21.5. The average Bonchev–Trinajstić information content (AvgIpc) is 2.53. The third-order valence-electron chi connectivity index (χ3n) is 3.39. The summed E-state index contributed by atoms with van der Waals surface area (Å²) in [4.78, 5) is 0. The van der Waals surface area contributed by atoms with Crippen molar-refractivity contribution in [2.24, 2.45) is 0 Å². The minimum absolute atomic E-state index is 0.0638. The molecule has 1 unspecified atom stereocenters. The summed E-state index contributed by atoms with van der Waals surface area (Å²) >= 11 is 0. The van der Waals surface area contributed by atoms with Crippen molar-refractivity contribution in [2.75, 3.05) is 6.54 Å². The molecule has 0 bridgehead atoms. The van der Waals surface area contributed by atoms with E-state index >= 15 is 0 Å². The smallest absolute Gasteiger partial charge is 0.161 e. The fourth-order valence-electron chi connectivity index (χ4n) is 2.25. The van der Waals surface area contributed by atoms with Gasteiger partial charge in [0.05, 0.1) is 6.10 Å². The van der Waals surface area contributed by atoms with E-state index < -0.39 is 0 Å². The van der Waals surface area contributed by atoms with Gasteiger partial charge in [-0.1, -0.05) is 27.2 Å². The molecule has 1 fully saturated rings. The lowest BCUT2D eigenvalue weighted by atomic mass is 10.0. The quantitative estimate of drug-likeness (QED) is 0.710. The van der Waals surface area contributed by atoms with E-state index in [0.717, 1.165) is 19.4 Å². The summed E-state index contributed by atoms with van der Waals surface area (Å²) in [5.41, 5.74) is 0. The molecule has 5 heteroatoms. The molecule has 1 atom stereocenters. The third-order valence-corrected chi connectivity index (χ3v) is 3.39. The Labute approximate surface area is 140 Å². The normalized spacial score (nSPS) is 17.6. The van der Waals surface area contributed by atoms with Gasteiger partial charge in [0.2, 0.25) is 0 Å². The molecule has 0 amide bonds. The molecule has 0 aromatic heterocycles. The lowest BCUT2D eigenvalue weighted by molar-refractivity contribution is -0.142. The second-order valence-electron chi connectivity index (χ2n) is 5.54. The van der Waals surface area contributed by atoms with Crippen molar-refractivity contribution in [3.8, 4) is 17.2 Å². The number of hydrogen-bond donors (Lipinski definition) is 3. The van der Waals surface area contributed by atoms with Gasteiger partial charge in [-0.25, -0.2) is 0 Å². The zero-order valence-corrected chi connectivity index (χ0v) is 15.1. The number of aromatic hydroxyl groups is 2. The summed E-state index contributed by atoms with van der Waals surface area (Å²) < 4.78 is 5.28. The molecule has 1 heterocycles. The highest BCUT2D eigenvalue weighted by Gasteiger charge is 2.17. The Morgan fingerprint density at radius 3 is 2.26 bits per heavy atom. The van der Waals surface area contributed by atoms with Crippen molar-refractivity contribution in [2.45, 2.75) is 72.4 Å². The van der Waals surface area contributed by atoms with E-state index in [4.69, 9.17) is 14.9 Å². The molecular formula is C18H33NO4. The first-order valence-corrected chi connectivity index (χ1v) is 8.58. The lowest BCUT2D eigenvalue weighted by Gasteiger charge is -2.29. The monoisotopic (exact) mass is 327 g/mol. The second kappa shape index (κ2) is 12.0. The number of piperidine rings is 1. The van der Waals surface area contributed by atoms with Gasteiger partial charge in [0.1, 0.15) is 5.75 Å². The first-order chi connectivity index (χ1) is 10.9. The molecule has 1 aromatic carbocycles. The van der Waals surface area contributed by atoms with Gasteiger partial charge in [0, 0.05) is 18.7 Å². The van der Waals surface area contributed by atoms with Gasteiger partial charge < -0.3 is 20.2 Å². The molecule has 1 aromatic rings. The van der Waals surface area contributed by atoms with Crippen molar-refractivity contribution < 1.29 is 20.2 Å². The Morgan fingerprint density at radius 1 is 1.17 bits per heavy atom. The van der Waals surface area contributed by atoms with E-state index in [1.165, 1.54) is 30.0 Å². The number of hydrogen-bond acceptors (Lipinski definition) is 5. The standard InChI is InChI=1S/C9H12O3.C7H15NO.C2H6/c1-6(2)12-7-3-4-8(10)9(11)5-7;1-2-7-5-3-4-6-8(7)9;1-2/h3-6,10-11H,1-2H3;7,9H,2-6H2,1H3;1-2H3. The Morgan fingerprint density at radius 2 is 1.83 bits per heavy atom. The summed E-state index contributed by atoms with van der Waals surface area (Å²) in [6.07, 6.45) is 4.76. The number of ether oxygens (including phenoxy) is 1. The van der Waals surface area contributed by atoms with Crippen LogP contribution >= 0.6 is 0 Å². The van der Waals surface area contributed by atoms with Crippen LogP contribution in [0, 0.1) is 0 Å². The molecule has 0 radical (unpaired) electrons. The maximum atomic E-state index is 9.20. The Bertz CT molecular complexity index is 423. The van der Waals surface area contributed by atoms with Crippen LogP contribution in [0.3, 0.4) is 0 Å². The van der Waals surface area contributed by atoms with Gasteiger partial charge in [0.15, 0.2) is 11.5 Å². The van der Waals surface area contributed by atoms with Gasteiger partial charge in [-0.3, -0.25) is 0 Å². The molecule has 0 spiro atoms. The minimum Gasteiger partial charge on any atom is -0.504 e. The van der Waals surface area contributed by atoms with Gasteiger partial charge in [-0.15, -0.1) is 0 Å². The summed E-state index contributed by atoms with van der Waals surface area (Å²) in [5, 5.41) is 28.7. The highest BCUT2D eigenvalue weighted by molar-refractivity contribution is 5.43. The maximum absolute atomic E-state index is 9.20. The Kier molecular flexibility index (Phi) is 11.3. The Balaban J connectivity index is 0.000000392. The summed E-state index contributed by atoms with van der Waals surface area (Å²) in [7, 11) is 0. The van der Waals surface area contributed by atoms with Crippen LogP contribution < -0.4 is 4.74 Å². The molecule has 1 saturated heterocycles. The number of rotatable bonds is 3. The van der Waals surface area contributed by atoms with Crippen molar-refractivity contribution in [1.29, 1.82) is 0 Å². The van der Waals surface area contributed by atoms with Gasteiger partial charge >= 0.3 is 0 Å². The van der Waals surface area contributed by atoms with E-state index in [1.54, 1.807) is 6.07 Å². The highest BCUT2D eigenvalue weighted by Crippen LogP contribution is 2.28. The summed E-state index contributed by atoms with van der Waals surface area (Å²) in [6, 6.07) is 4.83. The van der Waals surface area contributed by atoms with Crippen molar-refractivity contribution in [3.63, 3.8) is 0 Å². The van der Waals surface area contributed by atoms with Crippen molar-refractivity contribution in [3.05, 3.63) is 18.2 Å². The zero-order valence-electron chi connectivity index (χ0n) is 15.1. The van der Waals surface area contributed by atoms with E-state index in [2.05, 4.69) is 6.92 Å². The van der Waals surface area contributed by atoms with Gasteiger partial charge in [-0.2, -0.15) is 5.06 Å². The summed E-state index contributed by atoms with van der Waals surface area (Å²) in [6.45, 7) is 10.8. The third kappa shape index (κ3) is 8.67. The first-order valence-electron chi connectivity index (χ1n) is 8.58. The number of phenols is 2. The molecule has 0 aliphatic carbocycles. The van der Waals surface area contributed by atoms with Crippen LogP contribution in [0.2, 0.25) is 0 Å². The molecule has 134 valence electrons. The highest BCUT2D eigenvalue weighted by atomic mass is 16.5. The van der Waals surface area contributed by atoms with Crippen LogP contribution in [0.25, 0.3) is 0 Å². The molecule has 0 saturated carbocycles. The molecule has 3 N–H and O–H groups in total. The van der Waals surface area contributed by atoms with E-state index in [9.17, 15) is 5.21 Å². The SMILES string of the molecule is CC.CC(C)Oc1ccc(O)c(O)c1.CCC1CCCCN1O. The number of nitrogens with zero attached hydrogens (tertiary/aromatic N) is 1. The molecule has 23 heavy (non-hydrogen) atoms. The summed E-state index contributed by atoms with van der Waals surface area (Å²) in [5.74, 6) is 0.263. The Hall–Kier alpha value is -1.46. The molecular weight excluding hydrogens is 294 g/mol. The lowest BCUT2D eigenvalue weighted by Crippen LogP contribution is -2.35. The van der Waals surface area contributed by atoms with Crippen LogP contribution in [0.1, 0.15) is 60.3 Å². The molecule has 5 nitrogen and oxygen atoms in total. The van der Waals surface area contributed by atoms with Gasteiger partial charge in [-0.05, 0) is 45.2 Å². The predicted molar refractivity (Wildman–Crippen MR) is 93.3 cm³/mol. The maximum Gasteiger partial charge on any atom is 0.161 e. The number of phenolic OH excluding ortho intramolecular Hbond substituents is 2. The van der Waals surface area contributed by atoms with Crippen molar-refractivity contribution >= 4 is 0 Å². The second-order valence-corrected chi connectivity index (χ2v) is 5.54. The van der Waals surface area contributed by atoms with Crippen molar-refractivity contribution in [1.82, 2.24) is 5.06 Å². The largest absolute Gasteiger partial charge is 0.504 e. The van der Waals surface area contributed by atoms with E-state index in [-0.39, 0.29) is 17.6 Å². The van der Waals surface area contributed by atoms with E-state index in [0.29, 0.717) is 11.8 Å². The van der Waals surface area contributed by atoms with E-state index in [1.807, 2.05) is 27.7 Å². The predicted octanol–water partition coefficient (Wildman–Crippen LogP) is 4.55. The molecule has 1 aliphatic heterocycles. The van der Waals surface area contributed by atoms with Crippen LogP contribution in [-0.4, -0.2) is 39.2 Å². The minimum atomic E-state index is -0.159. The van der Waals surface area contributed by atoms with Gasteiger partial charge in [0.25, 0.3) is 0 Å². The zero-order chi connectivity index (χ0) is 17.8. The number of hydroxylamine groups is 2. The molecule has 2 rings (SSSR count). The topological polar surface area (TPSA) is 73.2 Å². The van der Waals surface area contributed by atoms with Crippen LogP contribution in [-0.2, 0) is 0 Å². The van der Waals surface area contributed by atoms with Crippen LogP contribution in [0.15, 0.2) is 18.2 Å². The van der Waals surface area contributed by atoms with Crippen LogP contribution in [0.5, 0.6) is 17.2 Å².